The van der Waals surface area contributed by atoms with Crippen LogP contribution in [0.3, 0.4) is 0 Å². The molecular formula is C18H15ClN2O3S. The van der Waals surface area contributed by atoms with Crippen LogP contribution in [0.1, 0.15) is 5.69 Å². The molecule has 3 rings (SSSR count). The average molecular weight is 375 g/mol. The highest BCUT2D eigenvalue weighted by Gasteiger charge is 2.14. The van der Waals surface area contributed by atoms with Crippen molar-refractivity contribution in [2.75, 3.05) is 4.72 Å². The van der Waals surface area contributed by atoms with E-state index < -0.39 is 10.0 Å². The van der Waals surface area contributed by atoms with E-state index in [0.29, 0.717) is 23.1 Å². The summed E-state index contributed by atoms with van der Waals surface area (Å²) in [4.78, 5) is 4.31. The summed E-state index contributed by atoms with van der Waals surface area (Å²) >= 11 is 5.79. The van der Waals surface area contributed by atoms with Crippen LogP contribution in [0.25, 0.3) is 0 Å². The Bertz CT molecular complexity index is 946. The molecule has 0 bridgehead atoms. The molecule has 3 aromatic rings. The number of pyridine rings is 1. The maximum Gasteiger partial charge on any atom is 0.261 e. The largest absolute Gasteiger partial charge is 0.487 e. The maximum absolute atomic E-state index is 12.4. The van der Waals surface area contributed by atoms with Crippen molar-refractivity contribution in [2.24, 2.45) is 0 Å². The molecule has 0 saturated heterocycles. The number of anilines is 1. The molecule has 1 N–H and O–H groups in total. The van der Waals surface area contributed by atoms with Gasteiger partial charge >= 0.3 is 0 Å². The molecule has 2 aromatic carbocycles. The van der Waals surface area contributed by atoms with Crippen molar-refractivity contribution in [3.05, 3.63) is 83.6 Å². The third-order valence-electron chi connectivity index (χ3n) is 3.32. The van der Waals surface area contributed by atoms with Gasteiger partial charge in [0.25, 0.3) is 10.0 Å². The molecule has 0 spiro atoms. The zero-order valence-electron chi connectivity index (χ0n) is 13.1. The van der Waals surface area contributed by atoms with E-state index in [1.807, 2.05) is 18.2 Å². The highest BCUT2D eigenvalue weighted by atomic mass is 35.5. The lowest BCUT2D eigenvalue weighted by atomic mass is 10.3. The fraction of sp³-hybridized carbons (Fsp3) is 0.0556. The molecule has 7 heteroatoms. The Labute approximate surface area is 151 Å². The van der Waals surface area contributed by atoms with Crippen molar-refractivity contribution in [1.29, 1.82) is 0 Å². The van der Waals surface area contributed by atoms with Gasteiger partial charge in [-0.15, -0.1) is 0 Å². The molecule has 0 aliphatic rings. The molecule has 1 heterocycles. The Kier molecular flexibility index (Phi) is 5.21. The summed E-state index contributed by atoms with van der Waals surface area (Å²) in [5, 5.41) is 0.476. The summed E-state index contributed by atoms with van der Waals surface area (Å²) in [6, 6.07) is 18.3. The third kappa shape index (κ3) is 4.71. The van der Waals surface area contributed by atoms with Crippen molar-refractivity contribution in [3.63, 3.8) is 0 Å². The fourth-order valence-corrected chi connectivity index (χ4v) is 3.29. The van der Waals surface area contributed by atoms with Crippen LogP contribution in [0.15, 0.2) is 77.8 Å². The Balaban J connectivity index is 1.72. The van der Waals surface area contributed by atoms with Crippen LogP contribution in [0.2, 0.25) is 5.02 Å². The van der Waals surface area contributed by atoms with Crippen LogP contribution < -0.4 is 9.46 Å². The maximum atomic E-state index is 12.4. The molecule has 0 fully saturated rings. The number of sulfonamides is 1. The molecule has 25 heavy (non-hydrogen) atoms. The summed E-state index contributed by atoms with van der Waals surface area (Å²) in [5.74, 6) is 0.543. The summed E-state index contributed by atoms with van der Waals surface area (Å²) in [6.07, 6.45) is 1.69. The summed E-state index contributed by atoms with van der Waals surface area (Å²) in [5.41, 5.74) is 1.20. The van der Waals surface area contributed by atoms with Crippen LogP contribution in [0, 0.1) is 0 Å². The summed E-state index contributed by atoms with van der Waals surface area (Å²) in [6.45, 7) is 0.300. The smallest absolute Gasteiger partial charge is 0.261 e. The molecule has 0 saturated carbocycles. The Hall–Kier alpha value is -2.57. The Morgan fingerprint density at radius 2 is 1.80 bits per heavy atom. The predicted molar refractivity (Wildman–Crippen MR) is 97.3 cm³/mol. The number of nitrogens with one attached hydrogen (secondary N) is 1. The summed E-state index contributed by atoms with van der Waals surface area (Å²) < 4.78 is 33.0. The van der Waals surface area contributed by atoms with Crippen molar-refractivity contribution < 1.29 is 13.2 Å². The highest BCUT2D eigenvalue weighted by Crippen LogP contribution is 2.22. The molecule has 0 atom stereocenters. The summed E-state index contributed by atoms with van der Waals surface area (Å²) in [7, 11) is -3.69. The lowest BCUT2D eigenvalue weighted by Gasteiger charge is -2.10. The number of benzene rings is 2. The van der Waals surface area contributed by atoms with Gasteiger partial charge < -0.3 is 4.74 Å². The number of nitrogens with zero attached hydrogens (tertiary/aromatic N) is 1. The molecule has 0 aliphatic carbocycles. The van der Waals surface area contributed by atoms with Crippen LogP contribution >= 0.6 is 11.6 Å². The molecule has 128 valence electrons. The average Bonchev–Trinajstić information content (AvgIpc) is 2.61. The zero-order valence-corrected chi connectivity index (χ0v) is 14.7. The van der Waals surface area contributed by atoms with Gasteiger partial charge in [-0.25, -0.2) is 8.42 Å². The third-order valence-corrected chi connectivity index (χ3v) is 4.97. The quantitative estimate of drug-likeness (QED) is 0.704. The lowest BCUT2D eigenvalue weighted by Crippen LogP contribution is -2.12. The zero-order chi connectivity index (χ0) is 17.7. The number of hydrogen-bond donors (Lipinski definition) is 1. The topological polar surface area (TPSA) is 68.3 Å². The van der Waals surface area contributed by atoms with Crippen molar-refractivity contribution >= 4 is 27.3 Å². The molecule has 1 aromatic heterocycles. The van der Waals surface area contributed by atoms with E-state index in [1.165, 1.54) is 24.3 Å². The second-order valence-corrected chi connectivity index (χ2v) is 7.32. The van der Waals surface area contributed by atoms with Crippen molar-refractivity contribution in [3.8, 4) is 5.75 Å². The van der Waals surface area contributed by atoms with Gasteiger partial charge in [-0.3, -0.25) is 9.71 Å². The highest BCUT2D eigenvalue weighted by molar-refractivity contribution is 7.92. The van der Waals surface area contributed by atoms with Gasteiger partial charge in [-0.1, -0.05) is 23.7 Å². The minimum Gasteiger partial charge on any atom is -0.487 e. The molecule has 5 nitrogen and oxygen atoms in total. The van der Waals surface area contributed by atoms with Gasteiger partial charge in [0.1, 0.15) is 12.4 Å². The standard InChI is InChI=1S/C18H15ClN2O3S/c19-14-7-9-18(10-8-14)25(22,23)21-15-5-3-6-17(12-15)24-13-16-4-1-2-11-20-16/h1-12,21H,13H2. The number of hydrogen-bond acceptors (Lipinski definition) is 4. The van der Waals surface area contributed by atoms with E-state index in [9.17, 15) is 8.42 Å². The number of halogens is 1. The van der Waals surface area contributed by atoms with Gasteiger partial charge in [0, 0.05) is 17.3 Å². The Morgan fingerprint density at radius 1 is 1.00 bits per heavy atom. The second-order valence-electron chi connectivity index (χ2n) is 5.20. The van der Waals surface area contributed by atoms with Gasteiger partial charge in [-0.05, 0) is 48.5 Å². The minimum absolute atomic E-state index is 0.136. The second kappa shape index (κ2) is 7.55. The lowest BCUT2D eigenvalue weighted by molar-refractivity contribution is 0.301. The van der Waals surface area contributed by atoms with Gasteiger partial charge in [-0.2, -0.15) is 0 Å². The van der Waals surface area contributed by atoms with E-state index >= 15 is 0 Å². The first-order valence-electron chi connectivity index (χ1n) is 7.44. The first-order valence-corrected chi connectivity index (χ1v) is 9.30. The van der Waals surface area contributed by atoms with E-state index in [-0.39, 0.29) is 4.90 Å². The van der Waals surface area contributed by atoms with E-state index in [2.05, 4.69) is 9.71 Å². The van der Waals surface area contributed by atoms with E-state index in [4.69, 9.17) is 16.3 Å². The van der Waals surface area contributed by atoms with E-state index in [0.717, 1.165) is 5.69 Å². The van der Waals surface area contributed by atoms with Crippen LogP contribution in [-0.2, 0) is 16.6 Å². The van der Waals surface area contributed by atoms with Crippen molar-refractivity contribution in [2.45, 2.75) is 11.5 Å². The van der Waals surface area contributed by atoms with Crippen LogP contribution in [-0.4, -0.2) is 13.4 Å². The normalized spacial score (nSPS) is 11.1. The Morgan fingerprint density at radius 3 is 2.52 bits per heavy atom. The van der Waals surface area contributed by atoms with Crippen molar-refractivity contribution in [1.82, 2.24) is 4.98 Å². The predicted octanol–water partition coefficient (Wildman–Crippen LogP) is 4.11. The first-order chi connectivity index (χ1) is 12.0. The van der Waals surface area contributed by atoms with Gasteiger partial charge in [0.05, 0.1) is 16.3 Å². The van der Waals surface area contributed by atoms with Gasteiger partial charge in [0.2, 0.25) is 0 Å². The van der Waals surface area contributed by atoms with Crippen LogP contribution in [0.4, 0.5) is 5.69 Å². The molecule has 0 radical (unpaired) electrons. The number of aromatic nitrogens is 1. The molecule has 0 unspecified atom stereocenters. The monoisotopic (exact) mass is 374 g/mol. The van der Waals surface area contributed by atoms with Gasteiger partial charge in [0.15, 0.2) is 0 Å². The molecule has 0 aliphatic heterocycles. The first kappa shape index (κ1) is 17.3. The molecule has 0 amide bonds. The minimum atomic E-state index is -3.69. The molecular weight excluding hydrogens is 360 g/mol. The van der Waals surface area contributed by atoms with Crippen LogP contribution in [0.5, 0.6) is 5.75 Å². The fourth-order valence-electron chi connectivity index (χ4n) is 2.12. The number of rotatable bonds is 6. The SMILES string of the molecule is O=S(=O)(Nc1cccc(OCc2ccccn2)c1)c1ccc(Cl)cc1. The number of ether oxygens (including phenoxy) is 1. The van der Waals surface area contributed by atoms with E-state index in [1.54, 1.807) is 30.5 Å².